The molecule has 0 spiro atoms. The minimum Gasteiger partial charge on any atom is -0.442 e. The van der Waals surface area contributed by atoms with Crippen molar-refractivity contribution in [2.75, 3.05) is 33.2 Å². The lowest BCUT2D eigenvalue weighted by Crippen LogP contribution is -2.48. The largest absolute Gasteiger partial charge is 0.442 e. The van der Waals surface area contributed by atoms with Gasteiger partial charge in [0.05, 0.1) is 11.6 Å². The van der Waals surface area contributed by atoms with Crippen LogP contribution in [-0.2, 0) is 21.4 Å². The van der Waals surface area contributed by atoms with Crippen LogP contribution in [0.2, 0.25) is 0 Å². The lowest BCUT2D eigenvalue weighted by atomic mass is 9.86. The molecule has 0 aliphatic carbocycles. The molecule has 1 N–H and O–H groups in total. The van der Waals surface area contributed by atoms with Crippen LogP contribution in [-0.4, -0.2) is 83.6 Å². The fourth-order valence-electron chi connectivity index (χ4n) is 5.21. The fraction of sp³-hybridized carbons (Fsp3) is 0.531. The number of aromatic nitrogens is 1. The minimum absolute atomic E-state index is 0.0683. The summed E-state index contributed by atoms with van der Waals surface area (Å²) in [5.74, 6) is -1.11. The molecule has 0 saturated carbocycles. The number of piperazine rings is 1. The van der Waals surface area contributed by atoms with Crippen LogP contribution in [0.5, 0.6) is 0 Å². The molecular weight excluding hydrogens is 525 g/mol. The summed E-state index contributed by atoms with van der Waals surface area (Å²) in [6.07, 6.45) is 8.29. The molecule has 0 unspecified atom stereocenters. The van der Waals surface area contributed by atoms with Crippen LogP contribution < -0.4 is 0 Å². The molecule has 1 aromatic heterocycles. The first-order chi connectivity index (χ1) is 19.5. The van der Waals surface area contributed by atoms with E-state index in [9.17, 15) is 23.9 Å². The molecule has 5 atom stereocenters. The number of halogens is 1. The molecule has 41 heavy (non-hydrogen) atoms. The van der Waals surface area contributed by atoms with Crippen molar-refractivity contribution in [3.8, 4) is 0 Å². The maximum Gasteiger partial charge on any atom is 0.410 e. The Morgan fingerprint density at radius 3 is 2.46 bits per heavy atom. The van der Waals surface area contributed by atoms with Crippen molar-refractivity contribution in [3.05, 3.63) is 53.5 Å². The molecule has 8 nitrogen and oxygen atoms in total. The zero-order valence-corrected chi connectivity index (χ0v) is 24.8. The molecule has 0 radical (unpaired) electrons. The molecule has 224 valence electrons. The van der Waals surface area contributed by atoms with Gasteiger partial charge in [0.15, 0.2) is 0 Å². The van der Waals surface area contributed by atoms with Gasteiger partial charge < -0.3 is 33.8 Å². The van der Waals surface area contributed by atoms with Gasteiger partial charge in [0.25, 0.3) is 0 Å². The van der Waals surface area contributed by atoms with Crippen LogP contribution in [0.3, 0.4) is 0 Å². The van der Waals surface area contributed by atoms with Crippen LogP contribution in [0.1, 0.15) is 45.6 Å². The van der Waals surface area contributed by atoms with E-state index in [-0.39, 0.29) is 30.2 Å². The van der Waals surface area contributed by atoms with Crippen molar-refractivity contribution in [2.24, 2.45) is 24.8 Å². The van der Waals surface area contributed by atoms with E-state index in [1.54, 1.807) is 11.0 Å². The number of ether oxygens (including phenoxy) is 1. The van der Waals surface area contributed by atoms with Crippen LogP contribution >= 0.6 is 0 Å². The number of carbonyl (C=O) groups excluding carboxylic acids is 3. The number of aliphatic hydroxyl groups is 1. The molecular formula is C32H44FN3O5. The first-order valence-electron chi connectivity index (χ1n) is 14.4. The Balaban J connectivity index is 1.76. The number of amides is 1. The van der Waals surface area contributed by atoms with Gasteiger partial charge in [-0.3, -0.25) is 0 Å². The van der Waals surface area contributed by atoms with E-state index in [2.05, 4.69) is 4.90 Å². The van der Waals surface area contributed by atoms with Gasteiger partial charge in [0, 0.05) is 57.1 Å². The van der Waals surface area contributed by atoms with Crippen LogP contribution in [0.25, 0.3) is 17.0 Å². The van der Waals surface area contributed by atoms with Gasteiger partial charge in [-0.2, -0.15) is 0 Å². The Hall–Kier alpha value is -3.30. The van der Waals surface area contributed by atoms with E-state index in [4.69, 9.17) is 4.74 Å². The van der Waals surface area contributed by atoms with E-state index in [1.807, 2.05) is 69.9 Å². The van der Waals surface area contributed by atoms with Crippen molar-refractivity contribution < 1.29 is 28.6 Å². The van der Waals surface area contributed by atoms with Gasteiger partial charge in [-0.1, -0.05) is 31.6 Å². The maximum atomic E-state index is 14.6. The normalized spacial score (nSPS) is 18.7. The Bertz CT molecular complexity index is 1250. The third-order valence-electron chi connectivity index (χ3n) is 8.10. The van der Waals surface area contributed by atoms with Crippen LogP contribution in [0, 0.1) is 23.6 Å². The summed E-state index contributed by atoms with van der Waals surface area (Å²) >= 11 is 0. The van der Waals surface area contributed by atoms with Gasteiger partial charge in [-0.05, 0) is 68.5 Å². The third kappa shape index (κ3) is 8.84. The number of rotatable bonds is 13. The molecule has 3 rings (SSSR count). The van der Waals surface area contributed by atoms with Gasteiger partial charge >= 0.3 is 6.09 Å². The zero-order valence-electron chi connectivity index (χ0n) is 24.8. The number of benzene rings is 1. The molecule has 9 heteroatoms. The Morgan fingerprint density at radius 1 is 1.10 bits per heavy atom. The summed E-state index contributed by atoms with van der Waals surface area (Å²) in [5.41, 5.74) is 2.25. The second kappa shape index (κ2) is 15.1. The topological polar surface area (TPSA) is 92.1 Å². The highest BCUT2D eigenvalue weighted by Crippen LogP contribution is 2.27. The van der Waals surface area contributed by atoms with Crippen molar-refractivity contribution in [2.45, 2.75) is 52.2 Å². The standard InChI is InChI=1S/C32H44FN3O5/c1-22(28(21-38)24(3)18-25-19-29(33)27-10-12-35(5)30(27)20-25)7-9-31(23(2)6-8-26(39)11-17-37)41-32(40)36-15-13-34(4)14-16-36/h7,9-10,12,17-23,26,28,31,39H,6,8,11,13-16H2,1-5H3/b9-7+,24-18+/t22-,23-,26+,28-,31-/m0/s1. The first kappa shape index (κ1) is 32.2. The number of allylic oxidation sites excluding steroid dienone is 2. The SMILES string of the molecule is C/C(=C\c1cc(F)c2ccn(C)c2c1)[C@@H](C=O)[C@@H](C)/C=C/[C@H](OC(=O)N1CCN(C)CC1)[C@@H](C)CC[C@@H](O)CC=O. The average molecular weight is 570 g/mol. The summed E-state index contributed by atoms with van der Waals surface area (Å²) in [6, 6.07) is 5.12. The summed E-state index contributed by atoms with van der Waals surface area (Å²) < 4.78 is 22.4. The number of aldehydes is 2. The molecule has 1 fully saturated rings. The molecule has 0 bridgehead atoms. The highest BCUT2D eigenvalue weighted by molar-refractivity contribution is 5.83. The van der Waals surface area contributed by atoms with Crippen LogP contribution in [0.15, 0.2) is 42.1 Å². The lowest BCUT2D eigenvalue weighted by molar-refractivity contribution is -0.111. The highest BCUT2D eigenvalue weighted by atomic mass is 19.1. The van der Waals surface area contributed by atoms with E-state index in [0.717, 1.165) is 30.5 Å². The lowest BCUT2D eigenvalue weighted by Gasteiger charge is -2.33. The number of fused-ring (bicyclic) bond motifs is 1. The predicted molar refractivity (Wildman–Crippen MR) is 159 cm³/mol. The predicted octanol–water partition coefficient (Wildman–Crippen LogP) is 4.85. The summed E-state index contributed by atoms with van der Waals surface area (Å²) in [7, 11) is 3.87. The molecule has 1 saturated heterocycles. The summed E-state index contributed by atoms with van der Waals surface area (Å²) in [6.45, 7) is 8.44. The van der Waals surface area contributed by atoms with Crippen molar-refractivity contribution >= 4 is 35.6 Å². The van der Waals surface area contributed by atoms with Crippen LogP contribution in [0.4, 0.5) is 9.18 Å². The summed E-state index contributed by atoms with van der Waals surface area (Å²) in [5, 5.41) is 10.6. The number of hydrogen-bond acceptors (Lipinski definition) is 6. The molecule has 1 aromatic carbocycles. The minimum atomic E-state index is -0.737. The number of likely N-dealkylation sites (N-methyl/N-ethyl adjacent to an activating group) is 1. The third-order valence-corrected chi connectivity index (χ3v) is 8.10. The summed E-state index contributed by atoms with van der Waals surface area (Å²) in [4.78, 5) is 39.8. The zero-order chi connectivity index (χ0) is 30.1. The molecule has 1 amide bonds. The number of hydrogen-bond donors (Lipinski definition) is 1. The number of aryl methyl sites for hydroxylation is 1. The molecule has 1 aliphatic rings. The molecule has 2 heterocycles. The highest BCUT2D eigenvalue weighted by Gasteiger charge is 2.26. The van der Waals surface area contributed by atoms with Gasteiger partial charge in [0.2, 0.25) is 0 Å². The maximum absolute atomic E-state index is 14.6. The van der Waals surface area contributed by atoms with Crippen molar-refractivity contribution in [3.63, 3.8) is 0 Å². The Kier molecular flexibility index (Phi) is 11.8. The van der Waals surface area contributed by atoms with Gasteiger partial charge in [0.1, 0.15) is 24.5 Å². The van der Waals surface area contributed by atoms with Gasteiger partial charge in [-0.25, -0.2) is 9.18 Å². The van der Waals surface area contributed by atoms with E-state index in [0.29, 0.717) is 43.2 Å². The van der Waals surface area contributed by atoms with Crippen molar-refractivity contribution in [1.29, 1.82) is 0 Å². The van der Waals surface area contributed by atoms with Gasteiger partial charge in [-0.15, -0.1) is 0 Å². The fourth-order valence-corrected chi connectivity index (χ4v) is 5.21. The smallest absolute Gasteiger partial charge is 0.410 e. The monoisotopic (exact) mass is 569 g/mol. The Morgan fingerprint density at radius 2 is 1.80 bits per heavy atom. The molecule has 1 aliphatic heterocycles. The average Bonchev–Trinajstić information content (AvgIpc) is 3.31. The number of nitrogens with zero attached hydrogens (tertiary/aromatic N) is 3. The van der Waals surface area contributed by atoms with Crippen molar-refractivity contribution in [1.82, 2.24) is 14.4 Å². The first-order valence-corrected chi connectivity index (χ1v) is 14.4. The second-order valence-electron chi connectivity index (χ2n) is 11.4. The van der Waals surface area contributed by atoms with E-state index < -0.39 is 18.1 Å². The number of carbonyl (C=O) groups is 3. The Labute approximate surface area is 242 Å². The molecule has 2 aromatic rings. The second-order valence-corrected chi connectivity index (χ2v) is 11.4. The van der Waals surface area contributed by atoms with E-state index in [1.165, 1.54) is 6.07 Å². The van der Waals surface area contributed by atoms with E-state index >= 15 is 0 Å². The number of aliphatic hydroxyl groups excluding tert-OH is 1. The quantitative estimate of drug-likeness (QED) is 0.274.